The average molecular weight is 368 g/mol. The van der Waals surface area contributed by atoms with Crippen LogP contribution >= 0.6 is 24.8 Å². The SMILES string of the molecule is COCC(N)C(=O)NCC(c1ccccc1OC)N(C)C.Cl.Cl. The van der Waals surface area contributed by atoms with Gasteiger partial charge in [-0.05, 0) is 20.2 Å². The molecule has 0 saturated carbocycles. The molecule has 0 aliphatic heterocycles. The Bertz CT molecular complexity index is 461. The van der Waals surface area contributed by atoms with Crippen LogP contribution in [0.15, 0.2) is 24.3 Å². The first-order valence-corrected chi connectivity index (χ1v) is 6.82. The highest BCUT2D eigenvalue weighted by Crippen LogP contribution is 2.27. The number of carbonyl (C=O) groups excluding carboxylic acids is 1. The van der Waals surface area contributed by atoms with E-state index in [4.69, 9.17) is 15.2 Å². The first-order valence-electron chi connectivity index (χ1n) is 6.82. The fourth-order valence-corrected chi connectivity index (χ4v) is 2.10. The number of nitrogens with zero attached hydrogens (tertiary/aromatic N) is 1. The van der Waals surface area contributed by atoms with Crippen LogP contribution < -0.4 is 15.8 Å². The van der Waals surface area contributed by atoms with Gasteiger partial charge in [0.25, 0.3) is 0 Å². The van der Waals surface area contributed by atoms with Crippen LogP contribution in [0.3, 0.4) is 0 Å². The van der Waals surface area contributed by atoms with Crippen LogP contribution in [0.2, 0.25) is 0 Å². The Kier molecular flexibility index (Phi) is 13.0. The highest BCUT2D eigenvalue weighted by atomic mass is 35.5. The number of para-hydroxylation sites is 1. The van der Waals surface area contributed by atoms with Crippen molar-refractivity contribution < 1.29 is 14.3 Å². The van der Waals surface area contributed by atoms with E-state index in [2.05, 4.69) is 5.32 Å². The number of ether oxygens (including phenoxy) is 2. The van der Waals surface area contributed by atoms with Gasteiger partial charge in [0.05, 0.1) is 19.8 Å². The van der Waals surface area contributed by atoms with Gasteiger partial charge in [0, 0.05) is 19.2 Å². The van der Waals surface area contributed by atoms with E-state index in [9.17, 15) is 4.79 Å². The van der Waals surface area contributed by atoms with Crippen molar-refractivity contribution in [1.29, 1.82) is 0 Å². The second-order valence-electron chi connectivity index (χ2n) is 5.03. The molecule has 8 heteroatoms. The van der Waals surface area contributed by atoms with Crippen molar-refractivity contribution in [2.45, 2.75) is 12.1 Å². The monoisotopic (exact) mass is 367 g/mol. The maximum Gasteiger partial charge on any atom is 0.239 e. The molecule has 0 radical (unpaired) electrons. The second-order valence-corrected chi connectivity index (χ2v) is 5.03. The van der Waals surface area contributed by atoms with Gasteiger partial charge < -0.3 is 25.4 Å². The number of likely N-dealkylation sites (N-methyl/N-ethyl adjacent to an activating group) is 1. The Morgan fingerprint density at radius 2 is 1.87 bits per heavy atom. The van der Waals surface area contributed by atoms with E-state index in [0.717, 1.165) is 11.3 Å². The van der Waals surface area contributed by atoms with E-state index < -0.39 is 6.04 Å². The number of nitrogens with one attached hydrogen (secondary N) is 1. The van der Waals surface area contributed by atoms with Gasteiger partial charge in [0.15, 0.2) is 0 Å². The lowest BCUT2D eigenvalue weighted by molar-refractivity contribution is -0.123. The van der Waals surface area contributed by atoms with E-state index >= 15 is 0 Å². The first kappa shape index (κ1) is 24.2. The van der Waals surface area contributed by atoms with Gasteiger partial charge in [-0.15, -0.1) is 24.8 Å². The van der Waals surface area contributed by atoms with Crippen LogP contribution in [-0.4, -0.2) is 58.3 Å². The molecule has 0 saturated heterocycles. The minimum Gasteiger partial charge on any atom is -0.496 e. The van der Waals surface area contributed by atoms with Crippen LogP contribution in [0.5, 0.6) is 5.75 Å². The summed E-state index contributed by atoms with van der Waals surface area (Å²) in [6.07, 6.45) is 0. The molecule has 1 aromatic carbocycles. The van der Waals surface area contributed by atoms with Crippen molar-refractivity contribution in [2.24, 2.45) is 5.73 Å². The second kappa shape index (κ2) is 12.4. The van der Waals surface area contributed by atoms with Crippen LogP contribution in [0, 0.1) is 0 Å². The van der Waals surface area contributed by atoms with Crippen LogP contribution in [0.4, 0.5) is 0 Å². The summed E-state index contributed by atoms with van der Waals surface area (Å²) in [7, 11) is 7.07. The normalized spacial score (nSPS) is 12.6. The molecule has 0 aliphatic rings. The third-order valence-electron chi connectivity index (χ3n) is 3.27. The molecule has 1 aromatic rings. The fraction of sp³-hybridized carbons (Fsp3) is 0.533. The highest BCUT2D eigenvalue weighted by Gasteiger charge is 2.20. The molecule has 3 N–H and O–H groups in total. The van der Waals surface area contributed by atoms with Gasteiger partial charge in [0.2, 0.25) is 5.91 Å². The van der Waals surface area contributed by atoms with Gasteiger partial charge in [-0.2, -0.15) is 0 Å². The summed E-state index contributed by atoms with van der Waals surface area (Å²) in [5, 5.41) is 2.86. The Hall–Kier alpha value is -1.05. The molecule has 23 heavy (non-hydrogen) atoms. The summed E-state index contributed by atoms with van der Waals surface area (Å²) >= 11 is 0. The number of methoxy groups -OCH3 is 2. The average Bonchev–Trinajstić information content (AvgIpc) is 2.47. The molecule has 6 nitrogen and oxygen atoms in total. The van der Waals surface area contributed by atoms with Crippen molar-refractivity contribution in [3.8, 4) is 5.75 Å². The minimum atomic E-state index is -0.657. The number of benzene rings is 1. The van der Waals surface area contributed by atoms with Crippen LogP contribution in [-0.2, 0) is 9.53 Å². The Morgan fingerprint density at radius 3 is 2.39 bits per heavy atom. The molecular weight excluding hydrogens is 341 g/mol. The third-order valence-corrected chi connectivity index (χ3v) is 3.27. The summed E-state index contributed by atoms with van der Waals surface area (Å²) in [5.41, 5.74) is 6.73. The molecule has 0 spiro atoms. The Balaban J connectivity index is 0. The van der Waals surface area contributed by atoms with Gasteiger partial charge >= 0.3 is 0 Å². The zero-order chi connectivity index (χ0) is 15.8. The van der Waals surface area contributed by atoms with E-state index in [1.54, 1.807) is 7.11 Å². The van der Waals surface area contributed by atoms with E-state index in [1.165, 1.54) is 7.11 Å². The number of nitrogens with two attached hydrogens (primary N) is 1. The molecule has 1 amide bonds. The van der Waals surface area contributed by atoms with Crippen LogP contribution in [0.25, 0.3) is 0 Å². The quantitative estimate of drug-likeness (QED) is 0.722. The van der Waals surface area contributed by atoms with Crippen molar-refractivity contribution in [3.05, 3.63) is 29.8 Å². The van der Waals surface area contributed by atoms with Crippen molar-refractivity contribution in [3.63, 3.8) is 0 Å². The maximum absolute atomic E-state index is 11.9. The molecule has 0 aromatic heterocycles. The largest absolute Gasteiger partial charge is 0.496 e. The zero-order valence-corrected chi connectivity index (χ0v) is 15.6. The Labute approximate surface area is 150 Å². The van der Waals surface area contributed by atoms with Crippen molar-refractivity contribution in [2.75, 3.05) is 41.5 Å². The standard InChI is InChI=1S/C15H25N3O3.2ClH/c1-18(2)13(9-17-15(19)12(16)10-20-3)11-7-5-6-8-14(11)21-4;;/h5-8,12-13H,9-10,16H2,1-4H3,(H,17,19);2*1H. The summed E-state index contributed by atoms with van der Waals surface area (Å²) in [6.45, 7) is 0.650. The zero-order valence-electron chi connectivity index (χ0n) is 13.9. The summed E-state index contributed by atoms with van der Waals surface area (Å²) in [5.74, 6) is 0.574. The topological polar surface area (TPSA) is 76.8 Å². The minimum absolute atomic E-state index is 0. The number of carbonyl (C=O) groups is 1. The summed E-state index contributed by atoms with van der Waals surface area (Å²) < 4.78 is 10.3. The van der Waals surface area contributed by atoms with E-state index in [1.807, 2.05) is 43.3 Å². The highest BCUT2D eigenvalue weighted by molar-refractivity contribution is 5.85. The molecule has 0 fully saturated rings. The lowest BCUT2D eigenvalue weighted by atomic mass is 10.0. The fourth-order valence-electron chi connectivity index (χ4n) is 2.10. The van der Waals surface area contributed by atoms with Crippen molar-refractivity contribution in [1.82, 2.24) is 10.2 Å². The predicted octanol–water partition coefficient (Wildman–Crippen LogP) is 1.23. The number of halogens is 2. The summed E-state index contributed by atoms with van der Waals surface area (Å²) in [4.78, 5) is 13.9. The van der Waals surface area contributed by atoms with Gasteiger partial charge in [-0.25, -0.2) is 0 Å². The molecule has 2 atom stereocenters. The van der Waals surface area contributed by atoms with E-state index in [-0.39, 0.29) is 43.4 Å². The number of amides is 1. The number of hydrogen-bond acceptors (Lipinski definition) is 5. The molecule has 134 valence electrons. The molecule has 0 aliphatic carbocycles. The van der Waals surface area contributed by atoms with Gasteiger partial charge in [-0.1, -0.05) is 18.2 Å². The number of rotatable bonds is 8. The molecule has 0 bridgehead atoms. The summed E-state index contributed by atoms with van der Waals surface area (Å²) in [6, 6.07) is 7.11. The van der Waals surface area contributed by atoms with Gasteiger partial charge in [0.1, 0.15) is 11.8 Å². The first-order chi connectivity index (χ1) is 10.0. The lowest BCUT2D eigenvalue weighted by Gasteiger charge is -2.27. The predicted molar refractivity (Wildman–Crippen MR) is 96.8 cm³/mol. The Morgan fingerprint density at radius 1 is 1.26 bits per heavy atom. The lowest BCUT2D eigenvalue weighted by Crippen LogP contribution is -2.45. The molecule has 2 unspecified atom stereocenters. The molecule has 1 rings (SSSR count). The molecule has 0 heterocycles. The molecular formula is C15H27Cl2N3O3. The van der Waals surface area contributed by atoms with Crippen molar-refractivity contribution >= 4 is 30.7 Å². The van der Waals surface area contributed by atoms with Crippen LogP contribution in [0.1, 0.15) is 11.6 Å². The van der Waals surface area contributed by atoms with Gasteiger partial charge in [-0.3, -0.25) is 4.79 Å². The van der Waals surface area contributed by atoms with E-state index in [0.29, 0.717) is 6.54 Å². The number of hydrogen-bond donors (Lipinski definition) is 2. The third kappa shape index (κ3) is 7.37. The maximum atomic E-state index is 11.9. The smallest absolute Gasteiger partial charge is 0.239 e.